The monoisotopic (exact) mass is 378 g/mol. The van der Waals surface area contributed by atoms with Gasteiger partial charge in [0.1, 0.15) is 4.83 Å². The van der Waals surface area contributed by atoms with Crippen molar-refractivity contribution >= 4 is 33.3 Å². The fourth-order valence-electron chi connectivity index (χ4n) is 2.60. The molecule has 0 saturated heterocycles. The van der Waals surface area contributed by atoms with E-state index in [1.807, 2.05) is 20.8 Å². The summed E-state index contributed by atoms with van der Waals surface area (Å²) in [4.78, 5) is 24.1. The lowest BCUT2D eigenvalue weighted by Gasteiger charge is -2.13. The molecule has 3 aromatic rings. The SMILES string of the molecule is CCCCn1c(S[C@@H](C)c2nc(C)no2)nc2sc(C)c(C)c2c1=O. The maximum atomic E-state index is 13.1. The van der Waals surface area contributed by atoms with Crippen LogP contribution >= 0.6 is 23.1 Å². The number of aryl methyl sites for hydroxylation is 3. The van der Waals surface area contributed by atoms with Gasteiger partial charge in [0.25, 0.3) is 5.56 Å². The average molecular weight is 379 g/mol. The maximum absolute atomic E-state index is 13.1. The Morgan fingerprint density at radius 2 is 2.04 bits per heavy atom. The van der Waals surface area contributed by atoms with Crippen molar-refractivity contribution in [1.82, 2.24) is 19.7 Å². The van der Waals surface area contributed by atoms with E-state index in [-0.39, 0.29) is 10.8 Å². The molecule has 0 spiro atoms. The number of hydrogen-bond donors (Lipinski definition) is 0. The van der Waals surface area contributed by atoms with Crippen LogP contribution in [0.1, 0.15) is 54.1 Å². The van der Waals surface area contributed by atoms with Gasteiger partial charge in [-0.05, 0) is 39.7 Å². The van der Waals surface area contributed by atoms with Gasteiger partial charge in [-0.2, -0.15) is 4.98 Å². The lowest BCUT2D eigenvalue weighted by Crippen LogP contribution is -2.23. The van der Waals surface area contributed by atoms with Gasteiger partial charge in [-0.3, -0.25) is 9.36 Å². The Labute approximate surface area is 154 Å². The highest BCUT2D eigenvalue weighted by Crippen LogP contribution is 2.35. The summed E-state index contributed by atoms with van der Waals surface area (Å²) in [6, 6.07) is 0. The normalized spacial score (nSPS) is 12.8. The number of aromatic nitrogens is 4. The highest BCUT2D eigenvalue weighted by atomic mass is 32.2. The molecule has 0 radical (unpaired) electrons. The standard InChI is InChI=1S/C17H22N4O2S2/c1-6-7-8-21-16(22)13-9(2)10(3)24-15(13)19-17(21)25-11(4)14-18-12(5)20-23-14/h11H,6-8H2,1-5H3/t11-/m0/s1. The van der Waals surface area contributed by atoms with Crippen LogP contribution < -0.4 is 5.56 Å². The minimum Gasteiger partial charge on any atom is -0.338 e. The van der Waals surface area contributed by atoms with Gasteiger partial charge in [-0.15, -0.1) is 11.3 Å². The summed E-state index contributed by atoms with van der Waals surface area (Å²) >= 11 is 3.07. The molecule has 0 aromatic carbocycles. The molecule has 0 bridgehead atoms. The molecule has 1 atom stereocenters. The zero-order valence-corrected chi connectivity index (χ0v) is 16.8. The highest BCUT2D eigenvalue weighted by Gasteiger charge is 2.21. The summed E-state index contributed by atoms with van der Waals surface area (Å²) in [7, 11) is 0. The van der Waals surface area contributed by atoms with Gasteiger partial charge in [-0.1, -0.05) is 30.3 Å². The Morgan fingerprint density at radius 1 is 1.28 bits per heavy atom. The summed E-state index contributed by atoms with van der Waals surface area (Å²) in [6.45, 7) is 10.6. The Morgan fingerprint density at radius 3 is 2.68 bits per heavy atom. The molecule has 0 saturated carbocycles. The molecule has 0 amide bonds. The molecule has 0 N–H and O–H groups in total. The molecule has 6 nitrogen and oxygen atoms in total. The van der Waals surface area contributed by atoms with Crippen molar-refractivity contribution in [2.45, 2.75) is 64.4 Å². The molecule has 0 aliphatic carbocycles. The lowest BCUT2D eigenvalue weighted by molar-refractivity contribution is 0.376. The molecule has 0 aliphatic heterocycles. The van der Waals surface area contributed by atoms with Crippen molar-refractivity contribution < 1.29 is 4.52 Å². The summed E-state index contributed by atoms with van der Waals surface area (Å²) in [5.41, 5.74) is 1.09. The van der Waals surface area contributed by atoms with Gasteiger partial charge in [0.05, 0.1) is 10.6 Å². The second kappa shape index (κ2) is 7.29. The molecule has 3 aromatic heterocycles. The van der Waals surface area contributed by atoms with E-state index in [0.717, 1.165) is 38.7 Å². The van der Waals surface area contributed by atoms with Gasteiger partial charge in [0.15, 0.2) is 11.0 Å². The van der Waals surface area contributed by atoms with Gasteiger partial charge >= 0.3 is 0 Å². The average Bonchev–Trinajstić information content (AvgIpc) is 3.11. The van der Waals surface area contributed by atoms with Crippen LogP contribution in [0.15, 0.2) is 14.5 Å². The van der Waals surface area contributed by atoms with E-state index < -0.39 is 0 Å². The van der Waals surface area contributed by atoms with Gasteiger partial charge in [0, 0.05) is 11.4 Å². The molecule has 0 fully saturated rings. The number of nitrogens with zero attached hydrogens (tertiary/aromatic N) is 4. The largest absolute Gasteiger partial charge is 0.338 e. The Balaban J connectivity index is 2.07. The first-order valence-corrected chi connectivity index (χ1v) is 10.1. The predicted molar refractivity (Wildman–Crippen MR) is 102 cm³/mol. The topological polar surface area (TPSA) is 73.8 Å². The molecule has 0 aliphatic rings. The van der Waals surface area contributed by atoms with Crippen LogP contribution in [0.5, 0.6) is 0 Å². The van der Waals surface area contributed by atoms with Gasteiger partial charge < -0.3 is 4.52 Å². The Kier molecular flexibility index (Phi) is 5.29. The molecule has 25 heavy (non-hydrogen) atoms. The van der Waals surface area contributed by atoms with E-state index in [2.05, 4.69) is 17.1 Å². The smallest absolute Gasteiger partial charge is 0.263 e. The zero-order valence-electron chi connectivity index (χ0n) is 15.1. The van der Waals surface area contributed by atoms with E-state index in [4.69, 9.17) is 9.51 Å². The Hall–Kier alpha value is -1.67. The minimum atomic E-state index is -0.0689. The van der Waals surface area contributed by atoms with Crippen molar-refractivity contribution in [1.29, 1.82) is 0 Å². The van der Waals surface area contributed by atoms with Crippen molar-refractivity contribution in [3.63, 3.8) is 0 Å². The van der Waals surface area contributed by atoms with Crippen LogP contribution in [0.2, 0.25) is 0 Å². The predicted octanol–water partition coefficient (Wildman–Crippen LogP) is 4.42. The van der Waals surface area contributed by atoms with Gasteiger partial charge in [-0.25, -0.2) is 4.98 Å². The third kappa shape index (κ3) is 3.50. The second-order valence-electron chi connectivity index (χ2n) is 6.11. The fraction of sp³-hybridized carbons (Fsp3) is 0.529. The summed E-state index contributed by atoms with van der Waals surface area (Å²) in [5, 5.41) is 5.25. The summed E-state index contributed by atoms with van der Waals surface area (Å²) in [5.74, 6) is 1.16. The van der Waals surface area contributed by atoms with Crippen LogP contribution in [0.25, 0.3) is 10.2 Å². The number of unbranched alkanes of at least 4 members (excludes halogenated alkanes) is 1. The highest BCUT2D eigenvalue weighted by molar-refractivity contribution is 7.99. The summed E-state index contributed by atoms with van der Waals surface area (Å²) in [6.07, 6.45) is 1.96. The number of thioether (sulfide) groups is 1. The fourth-order valence-corrected chi connectivity index (χ4v) is 4.63. The number of rotatable bonds is 6. The second-order valence-corrected chi connectivity index (χ2v) is 8.62. The third-order valence-corrected chi connectivity index (χ3v) is 6.34. The first-order valence-electron chi connectivity index (χ1n) is 8.39. The Bertz CT molecular complexity index is 958. The van der Waals surface area contributed by atoms with Crippen molar-refractivity contribution in [3.05, 3.63) is 32.5 Å². The van der Waals surface area contributed by atoms with Crippen LogP contribution in [0.4, 0.5) is 0 Å². The lowest BCUT2D eigenvalue weighted by atomic mass is 10.2. The first kappa shape index (κ1) is 18.1. The molecule has 3 rings (SSSR count). The zero-order chi connectivity index (χ0) is 18.1. The molecule has 3 heterocycles. The maximum Gasteiger partial charge on any atom is 0.263 e. The van der Waals surface area contributed by atoms with Crippen LogP contribution in [0.3, 0.4) is 0 Å². The minimum absolute atomic E-state index is 0.0525. The molecular formula is C17H22N4O2S2. The van der Waals surface area contributed by atoms with Crippen molar-refractivity contribution in [2.75, 3.05) is 0 Å². The number of fused-ring (bicyclic) bond motifs is 1. The van der Waals surface area contributed by atoms with E-state index >= 15 is 0 Å². The van der Waals surface area contributed by atoms with E-state index in [1.165, 1.54) is 11.8 Å². The number of thiophene rings is 1. The van der Waals surface area contributed by atoms with E-state index in [9.17, 15) is 4.79 Å². The van der Waals surface area contributed by atoms with E-state index in [0.29, 0.717) is 18.3 Å². The van der Waals surface area contributed by atoms with Crippen LogP contribution in [0, 0.1) is 20.8 Å². The molecular weight excluding hydrogens is 356 g/mol. The van der Waals surface area contributed by atoms with Crippen LogP contribution in [-0.2, 0) is 6.54 Å². The van der Waals surface area contributed by atoms with Crippen LogP contribution in [-0.4, -0.2) is 19.7 Å². The summed E-state index contributed by atoms with van der Waals surface area (Å²) < 4.78 is 7.07. The van der Waals surface area contributed by atoms with E-state index in [1.54, 1.807) is 22.8 Å². The van der Waals surface area contributed by atoms with Crippen molar-refractivity contribution in [3.8, 4) is 0 Å². The third-order valence-electron chi connectivity index (χ3n) is 4.16. The molecule has 8 heteroatoms. The molecule has 134 valence electrons. The quantitative estimate of drug-likeness (QED) is 0.467. The van der Waals surface area contributed by atoms with Gasteiger partial charge in [0.2, 0.25) is 5.89 Å². The number of hydrogen-bond acceptors (Lipinski definition) is 7. The molecule has 0 unspecified atom stereocenters. The first-order chi connectivity index (χ1) is 11.9. The van der Waals surface area contributed by atoms with Crippen molar-refractivity contribution in [2.24, 2.45) is 0 Å².